The predicted molar refractivity (Wildman–Crippen MR) is 57.8 cm³/mol. The van der Waals surface area contributed by atoms with Crippen molar-refractivity contribution in [1.29, 1.82) is 0 Å². The number of carbonyl (C=O) groups is 1. The normalized spacial score (nSPS) is 23.3. The van der Waals surface area contributed by atoms with E-state index in [1.165, 1.54) is 4.90 Å². The highest BCUT2D eigenvalue weighted by Gasteiger charge is 2.29. The summed E-state index contributed by atoms with van der Waals surface area (Å²) in [4.78, 5) is 13.0. The van der Waals surface area contributed by atoms with Crippen LogP contribution in [0.15, 0.2) is 0 Å². The summed E-state index contributed by atoms with van der Waals surface area (Å²) in [6, 6.07) is 0. The Bertz CT molecular complexity index is 380. The van der Waals surface area contributed by atoms with E-state index >= 15 is 0 Å². The molecule has 15 heavy (non-hydrogen) atoms. The molecule has 0 aromatic rings. The molecule has 0 radical (unpaired) electrons. The fourth-order valence-electron chi connectivity index (χ4n) is 1.66. The Hall–Kier alpha value is -1.02. The van der Waals surface area contributed by atoms with Crippen molar-refractivity contribution >= 4 is 15.7 Å². The maximum atomic E-state index is 11.5. The van der Waals surface area contributed by atoms with E-state index in [-0.39, 0.29) is 36.3 Å². The first-order chi connectivity index (χ1) is 6.94. The van der Waals surface area contributed by atoms with E-state index in [1.54, 1.807) is 7.05 Å². The lowest BCUT2D eigenvalue weighted by Gasteiger charge is -2.15. The first-order valence-corrected chi connectivity index (χ1v) is 6.64. The van der Waals surface area contributed by atoms with Crippen LogP contribution in [0.5, 0.6) is 0 Å². The van der Waals surface area contributed by atoms with Gasteiger partial charge in [-0.1, -0.05) is 5.92 Å². The first-order valence-electron chi connectivity index (χ1n) is 4.82. The standard InChI is InChI=1S/C10H15NO3S/c1-3-5-11(2)10(12)7-9-4-6-15(13,14)8-9/h1,9H,4-8H2,2H3. The fourth-order valence-corrected chi connectivity index (χ4v) is 3.52. The highest BCUT2D eigenvalue weighted by atomic mass is 32.2. The summed E-state index contributed by atoms with van der Waals surface area (Å²) < 4.78 is 22.3. The second-order valence-electron chi connectivity index (χ2n) is 3.93. The summed E-state index contributed by atoms with van der Waals surface area (Å²) in [5.41, 5.74) is 0. The molecule has 1 aliphatic heterocycles. The maximum Gasteiger partial charge on any atom is 0.223 e. The first kappa shape index (κ1) is 12.1. The SMILES string of the molecule is C#CCN(C)C(=O)CC1CCS(=O)(=O)C1. The Labute approximate surface area is 90.6 Å². The Morgan fingerprint density at radius 3 is 2.73 bits per heavy atom. The fraction of sp³-hybridized carbons (Fsp3) is 0.700. The lowest BCUT2D eigenvalue weighted by molar-refractivity contribution is -0.130. The predicted octanol–water partition coefficient (Wildman–Crippen LogP) is -0.0972. The highest BCUT2D eigenvalue weighted by molar-refractivity contribution is 7.91. The number of sulfone groups is 1. The third-order valence-electron chi connectivity index (χ3n) is 2.54. The molecule has 0 N–H and O–H groups in total. The quantitative estimate of drug-likeness (QED) is 0.635. The molecule has 0 aromatic carbocycles. The van der Waals surface area contributed by atoms with Gasteiger partial charge in [0.05, 0.1) is 18.1 Å². The lowest BCUT2D eigenvalue weighted by Crippen LogP contribution is -2.29. The van der Waals surface area contributed by atoms with E-state index < -0.39 is 9.84 Å². The topological polar surface area (TPSA) is 54.5 Å². The van der Waals surface area contributed by atoms with Gasteiger partial charge in [0, 0.05) is 13.5 Å². The Balaban J connectivity index is 2.44. The molecule has 1 aliphatic rings. The van der Waals surface area contributed by atoms with Gasteiger partial charge in [0.15, 0.2) is 9.84 Å². The molecular formula is C10H15NO3S. The molecule has 1 rings (SSSR count). The average molecular weight is 229 g/mol. The number of hydrogen-bond donors (Lipinski definition) is 0. The van der Waals surface area contributed by atoms with Gasteiger partial charge in [-0.25, -0.2) is 8.42 Å². The summed E-state index contributed by atoms with van der Waals surface area (Å²) >= 11 is 0. The number of carbonyl (C=O) groups excluding carboxylic acids is 1. The van der Waals surface area contributed by atoms with Crippen LogP contribution in [-0.4, -0.2) is 44.3 Å². The van der Waals surface area contributed by atoms with Crippen molar-refractivity contribution < 1.29 is 13.2 Å². The van der Waals surface area contributed by atoms with Gasteiger partial charge in [0.2, 0.25) is 5.91 Å². The smallest absolute Gasteiger partial charge is 0.223 e. The van der Waals surface area contributed by atoms with Crippen LogP contribution in [0.4, 0.5) is 0 Å². The van der Waals surface area contributed by atoms with Crippen LogP contribution in [0.3, 0.4) is 0 Å². The van der Waals surface area contributed by atoms with Crippen molar-refractivity contribution in [1.82, 2.24) is 4.90 Å². The largest absolute Gasteiger partial charge is 0.335 e. The molecule has 0 aliphatic carbocycles. The van der Waals surface area contributed by atoms with Crippen LogP contribution in [0.1, 0.15) is 12.8 Å². The molecule has 0 bridgehead atoms. The molecule has 0 aromatic heterocycles. The monoisotopic (exact) mass is 229 g/mol. The van der Waals surface area contributed by atoms with Gasteiger partial charge in [0.1, 0.15) is 0 Å². The molecule has 1 fully saturated rings. The van der Waals surface area contributed by atoms with Gasteiger partial charge in [-0.05, 0) is 12.3 Å². The molecule has 0 saturated carbocycles. The van der Waals surface area contributed by atoms with Gasteiger partial charge < -0.3 is 4.90 Å². The van der Waals surface area contributed by atoms with E-state index in [4.69, 9.17) is 6.42 Å². The number of hydrogen-bond acceptors (Lipinski definition) is 3. The molecule has 1 heterocycles. The zero-order valence-corrected chi connectivity index (χ0v) is 9.59. The van der Waals surface area contributed by atoms with Crippen LogP contribution >= 0.6 is 0 Å². The zero-order valence-electron chi connectivity index (χ0n) is 8.77. The van der Waals surface area contributed by atoms with E-state index in [9.17, 15) is 13.2 Å². The molecule has 1 amide bonds. The minimum Gasteiger partial charge on any atom is -0.335 e. The Morgan fingerprint density at radius 1 is 1.60 bits per heavy atom. The molecule has 5 heteroatoms. The molecule has 84 valence electrons. The number of amides is 1. The minimum absolute atomic E-state index is 0.0253. The maximum absolute atomic E-state index is 11.5. The summed E-state index contributed by atoms with van der Waals surface area (Å²) in [6.45, 7) is 0.276. The molecule has 0 spiro atoms. The highest BCUT2D eigenvalue weighted by Crippen LogP contribution is 2.21. The second kappa shape index (κ2) is 4.67. The van der Waals surface area contributed by atoms with Crippen molar-refractivity contribution in [3.63, 3.8) is 0 Å². The van der Waals surface area contributed by atoms with Gasteiger partial charge in [-0.15, -0.1) is 6.42 Å². The molecule has 1 atom stereocenters. The molecule has 1 unspecified atom stereocenters. The van der Waals surface area contributed by atoms with Crippen molar-refractivity contribution in [3.05, 3.63) is 0 Å². The van der Waals surface area contributed by atoms with Crippen LogP contribution in [-0.2, 0) is 14.6 Å². The Kier molecular flexibility index (Phi) is 3.75. The number of rotatable bonds is 3. The number of nitrogens with zero attached hydrogens (tertiary/aromatic N) is 1. The molecule has 4 nitrogen and oxygen atoms in total. The van der Waals surface area contributed by atoms with E-state index in [0.717, 1.165) is 0 Å². The van der Waals surface area contributed by atoms with Crippen molar-refractivity contribution in [2.75, 3.05) is 25.1 Å². The van der Waals surface area contributed by atoms with Crippen LogP contribution in [0.2, 0.25) is 0 Å². The van der Waals surface area contributed by atoms with Gasteiger partial charge in [-0.2, -0.15) is 0 Å². The number of terminal acetylenes is 1. The van der Waals surface area contributed by atoms with E-state index in [0.29, 0.717) is 6.42 Å². The average Bonchev–Trinajstić information content (AvgIpc) is 2.46. The van der Waals surface area contributed by atoms with E-state index in [2.05, 4.69) is 5.92 Å². The molecule has 1 saturated heterocycles. The minimum atomic E-state index is -2.89. The summed E-state index contributed by atoms with van der Waals surface area (Å²) in [5, 5.41) is 0. The van der Waals surface area contributed by atoms with Crippen LogP contribution in [0.25, 0.3) is 0 Å². The van der Waals surface area contributed by atoms with Gasteiger partial charge >= 0.3 is 0 Å². The van der Waals surface area contributed by atoms with E-state index in [1.807, 2.05) is 0 Å². The molecular weight excluding hydrogens is 214 g/mol. The van der Waals surface area contributed by atoms with Crippen molar-refractivity contribution in [2.24, 2.45) is 5.92 Å². The summed E-state index contributed by atoms with van der Waals surface area (Å²) in [7, 11) is -1.26. The third-order valence-corrected chi connectivity index (χ3v) is 4.38. The summed E-state index contributed by atoms with van der Waals surface area (Å²) in [5.74, 6) is 2.63. The Morgan fingerprint density at radius 2 is 2.27 bits per heavy atom. The van der Waals surface area contributed by atoms with Crippen LogP contribution < -0.4 is 0 Å². The van der Waals surface area contributed by atoms with Gasteiger partial charge in [-0.3, -0.25) is 4.79 Å². The van der Waals surface area contributed by atoms with Crippen molar-refractivity contribution in [2.45, 2.75) is 12.8 Å². The second-order valence-corrected chi connectivity index (χ2v) is 6.16. The summed E-state index contributed by atoms with van der Waals surface area (Å²) in [6.07, 6.45) is 5.96. The van der Waals surface area contributed by atoms with Gasteiger partial charge in [0.25, 0.3) is 0 Å². The van der Waals surface area contributed by atoms with Crippen molar-refractivity contribution in [3.8, 4) is 12.3 Å². The third kappa shape index (κ3) is 3.56. The lowest BCUT2D eigenvalue weighted by atomic mass is 10.0. The zero-order chi connectivity index (χ0) is 11.5. The van der Waals surface area contributed by atoms with Crippen LogP contribution in [0, 0.1) is 18.3 Å².